The van der Waals surface area contributed by atoms with Gasteiger partial charge in [-0.25, -0.2) is 0 Å². The first kappa shape index (κ1) is 7.15. The van der Waals surface area contributed by atoms with Gasteiger partial charge in [-0.05, 0) is 12.1 Å². The second-order valence-electron chi connectivity index (χ2n) is 1.67. The molecule has 10 heavy (non-hydrogen) atoms. The summed E-state index contributed by atoms with van der Waals surface area (Å²) >= 11 is 5.56. The highest BCUT2D eigenvalue weighted by atomic mass is 35.5. The molecule has 0 amide bonds. The average Bonchev–Trinajstić information content (AvgIpc) is 2.38. The lowest BCUT2D eigenvalue weighted by Gasteiger charge is -2.02. The molecule has 1 heterocycles. The Morgan fingerprint density at radius 3 is 3.10 bits per heavy atom. The maximum atomic E-state index is 9.79. The molecule has 0 saturated heterocycles. The Labute approximate surface area is 62.9 Å². The monoisotopic (exact) mass is 159 g/mol. The minimum absolute atomic E-state index is 0.318. The second kappa shape index (κ2) is 3.27. The van der Waals surface area contributed by atoms with Gasteiger partial charge in [0.05, 0.1) is 5.69 Å². The van der Waals surface area contributed by atoms with Crippen LogP contribution in [0, 0.1) is 0 Å². The first-order valence-electron chi connectivity index (χ1n) is 2.71. The number of H-pyrrole nitrogens is 1. The lowest BCUT2D eigenvalue weighted by atomic mass is 10.5. The summed E-state index contributed by atoms with van der Waals surface area (Å²) in [5.74, 6) is 0. The van der Waals surface area contributed by atoms with E-state index in [-0.39, 0.29) is 0 Å². The van der Waals surface area contributed by atoms with Crippen molar-refractivity contribution in [1.82, 2.24) is 4.98 Å². The van der Waals surface area contributed by atoms with Gasteiger partial charge in [0.15, 0.2) is 0 Å². The Balaban J connectivity index is 2.58. The van der Waals surface area contributed by atoms with E-state index in [4.69, 9.17) is 11.6 Å². The lowest BCUT2D eigenvalue weighted by molar-refractivity contribution is -0.130. The molecule has 1 N–H and O–H groups in total. The first-order valence-corrected chi connectivity index (χ1v) is 3.14. The van der Waals surface area contributed by atoms with Gasteiger partial charge in [-0.2, -0.15) is 0 Å². The molecule has 3 nitrogen and oxygen atoms in total. The van der Waals surface area contributed by atoms with Crippen molar-refractivity contribution in [2.45, 2.75) is 5.56 Å². The summed E-state index contributed by atoms with van der Waals surface area (Å²) in [6.07, 6.45) is 1.71. The van der Waals surface area contributed by atoms with Crippen LogP contribution >= 0.6 is 11.6 Å². The number of carbonyl (C=O) groups is 1. The van der Waals surface area contributed by atoms with Crippen LogP contribution in [0.15, 0.2) is 18.3 Å². The fraction of sp³-hybridized carbons (Fsp3) is 0.167. The van der Waals surface area contributed by atoms with Gasteiger partial charge in [0.25, 0.3) is 6.47 Å². The standard InChI is InChI=1S/C6H6ClNO2/c7-6(10-4-9)5-2-1-3-8-5/h1-4,6,8H. The van der Waals surface area contributed by atoms with Gasteiger partial charge in [-0.1, -0.05) is 11.6 Å². The smallest absolute Gasteiger partial charge is 0.294 e. The largest absolute Gasteiger partial charge is 0.442 e. The van der Waals surface area contributed by atoms with Crippen molar-refractivity contribution in [3.8, 4) is 0 Å². The Bertz CT molecular complexity index is 198. The van der Waals surface area contributed by atoms with E-state index < -0.39 is 5.56 Å². The SMILES string of the molecule is O=COC(Cl)c1ccc[nH]1. The van der Waals surface area contributed by atoms with Crippen LogP contribution < -0.4 is 0 Å². The molecule has 0 fully saturated rings. The van der Waals surface area contributed by atoms with Gasteiger partial charge in [-0.15, -0.1) is 0 Å². The molecule has 0 bridgehead atoms. The molecule has 1 unspecified atom stereocenters. The van der Waals surface area contributed by atoms with E-state index >= 15 is 0 Å². The van der Waals surface area contributed by atoms with E-state index in [9.17, 15) is 4.79 Å². The molecule has 1 aromatic heterocycles. The van der Waals surface area contributed by atoms with Crippen LogP contribution in [0.5, 0.6) is 0 Å². The molecule has 54 valence electrons. The second-order valence-corrected chi connectivity index (χ2v) is 2.07. The molecule has 4 heteroatoms. The van der Waals surface area contributed by atoms with Crippen molar-refractivity contribution in [1.29, 1.82) is 0 Å². The van der Waals surface area contributed by atoms with E-state index in [1.54, 1.807) is 18.3 Å². The zero-order valence-corrected chi connectivity index (χ0v) is 5.84. The third-order valence-electron chi connectivity index (χ3n) is 1.04. The van der Waals surface area contributed by atoms with Crippen LogP contribution in [-0.2, 0) is 9.53 Å². The van der Waals surface area contributed by atoms with Crippen molar-refractivity contribution in [2.24, 2.45) is 0 Å². The number of ether oxygens (including phenoxy) is 1. The van der Waals surface area contributed by atoms with E-state index in [0.717, 1.165) is 0 Å². The lowest BCUT2D eigenvalue weighted by Crippen LogP contribution is -1.94. The molecule has 0 aliphatic carbocycles. The Morgan fingerprint density at radius 2 is 2.60 bits per heavy atom. The van der Waals surface area contributed by atoms with E-state index in [2.05, 4.69) is 9.72 Å². The van der Waals surface area contributed by atoms with E-state index in [1.807, 2.05) is 0 Å². The van der Waals surface area contributed by atoms with Crippen LogP contribution in [0.25, 0.3) is 0 Å². The summed E-state index contributed by atoms with van der Waals surface area (Å²) in [5.41, 5.74) is -0.0266. The van der Waals surface area contributed by atoms with E-state index in [0.29, 0.717) is 12.2 Å². The third-order valence-corrected chi connectivity index (χ3v) is 1.38. The number of halogens is 1. The van der Waals surface area contributed by atoms with Crippen LogP contribution in [0.3, 0.4) is 0 Å². The van der Waals surface area contributed by atoms with Crippen LogP contribution in [-0.4, -0.2) is 11.5 Å². The molecule has 0 spiro atoms. The topological polar surface area (TPSA) is 42.1 Å². The maximum Gasteiger partial charge on any atom is 0.294 e. The summed E-state index contributed by atoms with van der Waals surface area (Å²) in [5, 5.41) is 0. The molecule has 1 atom stereocenters. The molecule has 1 aromatic rings. The van der Waals surface area contributed by atoms with Gasteiger partial charge in [-0.3, -0.25) is 4.79 Å². The maximum absolute atomic E-state index is 9.79. The predicted octanol–water partition coefficient (Wildman–Crippen LogP) is 1.43. The van der Waals surface area contributed by atoms with Gasteiger partial charge >= 0.3 is 0 Å². The van der Waals surface area contributed by atoms with Crippen molar-refractivity contribution < 1.29 is 9.53 Å². The number of hydrogen-bond acceptors (Lipinski definition) is 2. The molecule has 0 aromatic carbocycles. The first-order chi connectivity index (χ1) is 4.84. The fourth-order valence-corrected chi connectivity index (χ4v) is 0.785. The Kier molecular flexibility index (Phi) is 2.34. The Morgan fingerprint density at radius 1 is 1.80 bits per heavy atom. The summed E-state index contributed by atoms with van der Waals surface area (Å²) in [4.78, 5) is 12.6. The van der Waals surface area contributed by atoms with Crippen molar-refractivity contribution >= 4 is 18.1 Å². The molecule has 0 saturated carbocycles. The van der Waals surface area contributed by atoms with Crippen molar-refractivity contribution in [3.05, 3.63) is 24.0 Å². The van der Waals surface area contributed by atoms with Crippen LogP contribution in [0.2, 0.25) is 0 Å². The number of carbonyl (C=O) groups excluding carboxylic acids is 1. The number of aromatic amines is 1. The molecular weight excluding hydrogens is 154 g/mol. The highest BCUT2D eigenvalue weighted by molar-refractivity contribution is 6.20. The highest BCUT2D eigenvalue weighted by Crippen LogP contribution is 2.17. The van der Waals surface area contributed by atoms with Gasteiger partial charge in [0.1, 0.15) is 0 Å². The number of aromatic nitrogens is 1. The van der Waals surface area contributed by atoms with Gasteiger partial charge in [0, 0.05) is 6.20 Å². The number of nitrogens with one attached hydrogen (secondary N) is 1. The summed E-state index contributed by atoms with van der Waals surface area (Å²) in [6, 6.07) is 3.51. The highest BCUT2D eigenvalue weighted by Gasteiger charge is 2.06. The van der Waals surface area contributed by atoms with Crippen molar-refractivity contribution in [3.63, 3.8) is 0 Å². The minimum atomic E-state index is -0.701. The molecule has 0 aliphatic rings. The number of hydrogen-bond donors (Lipinski definition) is 1. The molecule has 0 radical (unpaired) electrons. The predicted molar refractivity (Wildman–Crippen MR) is 36.5 cm³/mol. The summed E-state index contributed by atoms with van der Waals surface area (Å²) in [7, 11) is 0. The van der Waals surface area contributed by atoms with Crippen LogP contribution in [0.1, 0.15) is 11.3 Å². The molecular formula is C6H6ClNO2. The van der Waals surface area contributed by atoms with Crippen molar-refractivity contribution in [2.75, 3.05) is 0 Å². The zero-order chi connectivity index (χ0) is 7.40. The molecule has 0 aliphatic heterocycles. The zero-order valence-electron chi connectivity index (χ0n) is 5.08. The quantitative estimate of drug-likeness (QED) is 0.536. The minimum Gasteiger partial charge on any atom is -0.442 e. The van der Waals surface area contributed by atoms with Gasteiger partial charge < -0.3 is 9.72 Å². The summed E-state index contributed by atoms with van der Waals surface area (Å²) in [6.45, 7) is 0.318. The van der Waals surface area contributed by atoms with Crippen LogP contribution in [0.4, 0.5) is 0 Å². The number of alkyl halides is 1. The number of rotatable bonds is 3. The van der Waals surface area contributed by atoms with Gasteiger partial charge in [0.2, 0.25) is 5.56 Å². The summed E-state index contributed by atoms with van der Waals surface area (Å²) < 4.78 is 4.44. The third kappa shape index (κ3) is 1.51. The fourth-order valence-electron chi connectivity index (χ4n) is 0.607. The molecule has 1 rings (SSSR count). The normalized spacial score (nSPS) is 12.5. The van der Waals surface area contributed by atoms with E-state index in [1.165, 1.54) is 0 Å². The average molecular weight is 160 g/mol. The Hall–Kier alpha value is -0.960.